The van der Waals surface area contributed by atoms with Crippen LogP contribution in [0.15, 0.2) is 18.2 Å². The van der Waals surface area contributed by atoms with E-state index in [-0.39, 0.29) is 18.5 Å². The zero-order chi connectivity index (χ0) is 10.8. The zero-order valence-corrected chi connectivity index (χ0v) is 8.07. The third-order valence-electron chi connectivity index (χ3n) is 2.27. The van der Waals surface area contributed by atoms with Gasteiger partial charge in [0.1, 0.15) is 11.3 Å². The highest BCUT2D eigenvalue weighted by Gasteiger charge is 2.12. The van der Waals surface area contributed by atoms with E-state index in [2.05, 4.69) is 9.97 Å². The van der Waals surface area contributed by atoms with E-state index in [0.717, 1.165) is 0 Å². The topological polar surface area (TPSA) is 74.9 Å². The summed E-state index contributed by atoms with van der Waals surface area (Å²) < 4.78 is 13.3. The highest BCUT2D eigenvalue weighted by molar-refractivity contribution is 5.75. The van der Waals surface area contributed by atoms with Gasteiger partial charge in [-0.15, -0.1) is 0 Å². The van der Waals surface area contributed by atoms with Crippen LogP contribution in [0.5, 0.6) is 0 Å². The van der Waals surface area contributed by atoms with Crippen molar-refractivity contribution in [3.05, 3.63) is 29.8 Å². The molecule has 0 saturated heterocycles. The van der Waals surface area contributed by atoms with Gasteiger partial charge < -0.3 is 15.8 Å². The van der Waals surface area contributed by atoms with Crippen LogP contribution in [-0.4, -0.2) is 21.7 Å². The molecule has 1 atom stereocenters. The van der Waals surface area contributed by atoms with Crippen molar-refractivity contribution >= 4 is 11.0 Å². The third kappa shape index (κ3) is 1.84. The van der Waals surface area contributed by atoms with E-state index < -0.39 is 0 Å². The van der Waals surface area contributed by atoms with Gasteiger partial charge in [0, 0.05) is 6.61 Å². The fourth-order valence-electron chi connectivity index (χ4n) is 1.47. The van der Waals surface area contributed by atoms with Gasteiger partial charge in [0.25, 0.3) is 0 Å². The van der Waals surface area contributed by atoms with E-state index >= 15 is 0 Å². The fraction of sp³-hybridized carbons (Fsp3) is 0.300. The summed E-state index contributed by atoms with van der Waals surface area (Å²) in [6.07, 6.45) is 0.404. The van der Waals surface area contributed by atoms with Gasteiger partial charge in [0.15, 0.2) is 5.82 Å². The second-order valence-corrected chi connectivity index (χ2v) is 3.38. The summed E-state index contributed by atoms with van der Waals surface area (Å²) in [7, 11) is 0. The van der Waals surface area contributed by atoms with Crippen LogP contribution < -0.4 is 5.73 Å². The van der Waals surface area contributed by atoms with Crippen LogP contribution in [0, 0.1) is 5.82 Å². The summed E-state index contributed by atoms with van der Waals surface area (Å²) in [5, 5.41) is 8.73. The summed E-state index contributed by atoms with van der Waals surface area (Å²) in [4.78, 5) is 7.00. The van der Waals surface area contributed by atoms with Crippen molar-refractivity contribution in [1.29, 1.82) is 0 Å². The van der Waals surface area contributed by atoms with Crippen LogP contribution in [-0.2, 0) is 0 Å². The lowest BCUT2D eigenvalue weighted by molar-refractivity contribution is 0.275. The number of H-pyrrole nitrogens is 1. The summed E-state index contributed by atoms with van der Waals surface area (Å²) >= 11 is 0. The van der Waals surface area contributed by atoms with E-state index in [9.17, 15) is 4.39 Å². The second-order valence-electron chi connectivity index (χ2n) is 3.38. The van der Waals surface area contributed by atoms with Crippen molar-refractivity contribution in [3.8, 4) is 0 Å². The van der Waals surface area contributed by atoms with Gasteiger partial charge in [0.2, 0.25) is 0 Å². The molecule has 0 bridgehead atoms. The van der Waals surface area contributed by atoms with Crippen LogP contribution in [0.3, 0.4) is 0 Å². The molecule has 0 aliphatic carbocycles. The van der Waals surface area contributed by atoms with Crippen LogP contribution in [0.1, 0.15) is 18.3 Å². The lowest BCUT2D eigenvalue weighted by atomic mass is 10.2. The SMILES string of the molecule is NC(CCO)c1nc2c(F)cccc2[nH]1. The minimum absolute atomic E-state index is 0.0132. The summed E-state index contributed by atoms with van der Waals surface area (Å²) in [6, 6.07) is 4.31. The van der Waals surface area contributed by atoms with Gasteiger partial charge in [-0.2, -0.15) is 0 Å². The number of rotatable bonds is 3. The molecule has 4 N–H and O–H groups in total. The Morgan fingerprint density at radius 1 is 1.53 bits per heavy atom. The first-order chi connectivity index (χ1) is 7.22. The standard InChI is InChI=1S/C10H12FN3O/c11-6-2-1-3-8-9(6)14-10(13-8)7(12)4-5-15/h1-3,7,15H,4-5,12H2,(H,13,14). The van der Waals surface area contributed by atoms with Gasteiger partial charge in [-0.3, -0.25) is 0 Å². The molecule has 2 rings (SSSR count). The number of aliphatic hydroxyl groups is 1. The number of para-hydroxylation sites is 1. The number of halogens is 1. The molecule has 4 nitrogen and oxygen atoms in total. The number of nitrogens with one attached hydrogen (secondary N) is 1. The lowest BCUT2D eigenvalue weighted by Gasteiger charge is -2.04. The highest BCUT2D eigenvalue weighted by atomic mass is 19.1. The van der Waals surface area contributed by atoms with Gasteiger partial charge in [-0.25, -0.2) is 9.37 Å². The summed E-state index contributed by atoms with van der Waals surface area (Å²) in [6.45, 7) is -0.0132. The molecule has 0 aliphatic heterocycles. The number of aliphatic hydroxyl groups excluding tert-OH is 1. The van der Waals surface area contributed by atoms with Gasteiger partial charge in [-0.1, -0.05) is 6.07 Å². The maximum atomic E-state index is 13.3. The Hall–Kier alpha value is -1.46. The zero-order valence-electron chi connectivity index (χ0n) is 8.07. The molecule has 0 saturated carbocycles. The number of aromatic nitrogens is 2. The van der Waals surface area contributed by atoms with Gasteiger partial charge >= 0.3 is 0 Å². The van der Waals surface area contributed by atoms with Crippen molar-refractivity contribution in [1.82, 2.24) is 9.97 Å². The molecule has 1 aromatic carbocycles. The maximum Gasteiger partial charge on any atom is 0.151 e. The number of imidazole rings is 1. The van der Waals surface area contributed by atoms with Crippen molar-refractivity contribution in [2.45, 2.75) is 12.5 Å². The molecule has 0 aliphatic rings. The minimum atomic E-state index is -0.387. The largest absolute Gasteiger partial charge is 0.396 e. The molecule has 0 amide bonds. The Labute approximate surface area is 85.9 Å². The first kappa shape index (κ1) is 10.1. The average Bonchev–Trinajstić information content (AvgIpc) is 2.63. The number of fused-ring (bicyclic) bond motifs is 1. The Morgan fingerprint density at radius 3 is 3.00 bits per heavy atom. The third-order valence-corrected chi connectivity index (χ3v) is 2.27. The Kier molecular flexibility index (Phi) is 2.66. The lowest BCUT2D eigenvalue weighted by Crippen LogP contribution is -2.13. The smallest absolute Gasteiger partial charge is 0.151 e. The molecule has 2 aromatic rings. The van der Waals surface area contributed by atoms with E-state index in [4.69, 9.17) is 10.8 Å². The minimum Gasteiger partial charge on any atom is -0.396 e. The molecule has 0 radical (unpaired) electrons. The van der Waals surface area contributed by atoms with E-state index in [0.29, 0.717) is 23.3 Å². The molecule has 1 unspecified atom stereocenters. The molecule has 0 fully saturated rings. The molecular weight excluding hydrogens is 197 g/mol. The Bertz CT molecular complexity index is 469. The van der Waals surface area contributed by atoms with Crippen molar-refractivity contribution in [3.63, 3.8) is 0 Å². The van der Waals surface area contributed by atoms with Crippen LogP contribution >= 0.6 is 0 Å². The Balaban J connectivity index is 2.43. The molecule has 5 heteroatoms. The maximum absolute atomic E-state index is 13.3. The van der Waals surface area contributed by atoms with Gasteiger partial charge in [0.05, 0.1) is 11.6 Å². The number of nitrogens with two attached hydrogens (primary N) is 1. The predicted octanol–water partition coefficient (Wildman–Crippen LogP) is 1.08. The summed E-state index contributed by atoms with van der Waals surface area (Å²) in [5.74, 6) is 0.135. The quantitative estimate of drug-likeness (QED) is 0.708. The van der Waals surface area contributed by atoms with E-state index in [1.54, 1.807) is 12.1 Å². The molecule has 80 valence electrons. The average molecular weight is 209 g/mol. The normalized spacial score (nSPS) is 13.3. The van der Waals surface area contributed by atoms with Crippen molar-refractivity contribution in [2.24, 2.45) is 5.73 Å². The monoisotopic (exact) mass is 209 g/mol. The van der Waals surface area contributed by atoms with Crippen LogP contribution in [0.25, 0.3) is 11.0 Å². The van der Waals surface area contributed by atoms with Crippen molar-refractivity contribution in [2.75, 3.05) is 6.61 Å². The van der Waals surface area contributed by atoms with Crippen LogP contribution in [0.2, 0.25) is 0 Å². The number of nitrogens with zero attached hydrogens (tertiary/aromatic N) is 1. The highest BCUT2D eigenvalue weighted by Crippen LogP contribution is 2.18. The number of hydrogen-bond acceptors (Lipinski definition) is 3. The molecule has 1 aromatic heterocycles. The van der Waals surface area contributed by atoms with Crippen LogP contribution in [0.4, 0.5) is 4.39 Å². The summed E-state index contributed by atoms with van der Waals surface area (Å²) in [5.41, 5.74) is 6.66. The number of aromatic amines is 1. The van der Waals surface area contributed by atoms with Crippen molar-refractivity contribution < 1.29 is 9.50 Å². The fourth-order valence-corrected chi connectivity index (χ4v) is 1.47. The number of benzene rings is 1. The molecule has 15 heavy (non-hydrogen) atoms. The van der Waals surface area contributed by atoms with Gasteiger partial charge in [-0.05, 0) is 18.6 Å². The first-order valence-electron chi connectivity index (χ1n) is 4.73. The molecule has 0 spiro atoms. The predicted molar refractivity (Wildman–Crippen MR) is 54.7 cm³/mol. The first-order valence-corrected chi connectivity index (χ1v) is 4.73. The second kappa shape index (κ2) is 3.96. The number of hydrogen-bond donors (Lipinski definition) is 3. The van der Waals surface area contributed by atoms with E-state index in [1.165, 1.54) is 6.07 Å². The molecular formula is C10H12FN3O. The molecule has 1 heterocycles. The van der Waals surface area contributed by atoms with E-state index in [1.807, 2.05) is 0 Å². The Morgan fingerprint density at radius 2 is 2.33 bits per heavy atom.